The molecule has 1 aliphatic rings. The molecule has 1 aromatic rings. The average Bonchev–Trinajstić information content (AvgIpc) is 2.69. The largest absolute Gasteiger partial charge is 0.119 e. The van der Waals surface area contributed by atoms with E-state index in [-0.39, 0.29) is 0 Å². The first-order valence-corrected chi connectivity index (χ1v) is 6.24. The van der Waals surface area contributed by atoms with Crippen LogP contribution in [0.5, 0.6) is 0 Å². The quantitative estimate of drug-likeness (QED) is 0.713. The predicted molar refractivity (Wildman–Crippen MR) is 63.6 cm³/mol. The summed E-state index contributed by atoms with van der Waals surface area (Å²) in [5, 5.41) is 0. The topological polar surface area (TPSA) is 0 Å². The van der Waals surface area contributed by atoms with Crippen molar-refractivity contribution in [3.05, 3.63) is 30.3 Å². The fraction of sp³-hybridized carbons (Fsp3) is 0.538. The Kier molecular flexibility index (Phi) is 2.61. The lowest BCUT2D eigenvalue weighted by Gasteiger charge is -2.10. The lowest BCUT2D eigenvalue weighted by atomic mass is 10.3. The Morgan fingerprint density at radius 1 is 1.29 bits per heavy atom. The summed E-state index contributed by atoms with van der Waals surface area (Å²) < 4.78 is 0.496. The summed E-state index contributed by atoms with van der Waals surface area (Å²) in [5.74, 6) is 1.78. The SMILES string of the molecule is CC[C@@H]1[C@H](C)[C@@]1(C)Sc1ccccc1. The molecule has 0 nitrogen and oxygen atoms in total. The first-order valence-electron chi connectivity index (χ1n) is 5.42. The van der Waals surface area contributed by atoms with E-state index < -0.39 is 0 Å². The van der Waals surface area contributed by atoms with Crippen molar-refractivity contribution in [2.24, 2.45) is 11.8 Å². The Bertz CT molecular complexity index is 306. The minimum absolute atomic E-state index is 0.496. The van der Waals surface area contributed by atoms with Gasteiger partial charge in [0.05, 0.1) is 0 Å². The third kappa shape index (κ3) is 1.58. The third-order valence-electron chi connectivity index (χ3n) is 3.66. The Morgan fingerprint density at radius 2 is 1.93 bits per heavy atom. The second-order valence-corrected chi connectivity index (χ2v) is 5.96. The molecule has 0 aliphatic heterocycles. The Morgan fingerprint density at radius 3 is 2.43 bits per heavy atom. The van der Waals surface area contributed by atoms with Crippen molar-refractivity contribution in [3.63, 3.8) is 0 Å². The molecule has 0 aromatic heterocycles. The van der Waals surface area contributed by atoms with Gasteiger partial charge in [0.25, 0.3) is 0 Å². The lowest BCUT2D eigenvalue weighted by Crippen LogP contribution is -2.00. The van der Waals surface area contributed by atoms with Crippen LogP contribution < -0.4 is 0 Å². The van der Waals surface area contributed by atoms with Crippen LogP contribution in [0.3, 0.4) is 0 Å². The monoisotopic (exact) mass is 206 g/mol. The number of hydrogen-bond acceptors (Lipinski definition) is 1. The van der Waals surface area contributed by atoms with E-state index in [9.17, 15) is 0 Å². The molecule has 76 valence electrons. The summed E-state index contributed by atoms with van der Waals surface area (Å²) in [6, 6.07) is 10.8. The van der Waals surface area contributed by atoms with Gasteiger partial charge in [-0.3, -0.25) is 0 Å². The summed E-state index contributed by atoms with van der Waals surface area (Å²) >= 11 is 2.05. The van der Waals surface area contributed by atoms with Crippen molar-refractivity contribution < 1.29 is 0 Å². The van der Waals surface area contributed by atoms with Crippen LogP contribution in [0.15, 0.2) is 35.2 Å². The van der Waals surface area contributed by atoms with Crippen LogP contribution in [0.25, 0.3) is 0 Å². The molecule has 3 atom stereocenters. The molecule has 0 amide bonds. The molecule has 14 heavy (non-hydrogen) atoms. The van der Waals surface area contributed by atoms with E-state index >= 15 is 0 Å². The predicted octanol–water partition coefficient (Wildman–Crippen LogP) is 4.21. The Labute approximate surface area is 91.1 Å². The van der Waals surface area contributed by atoms with Crippen molar-refractivity contribution in [2.75, 3.05) is 0 Å². The van der Waals surface area contributed by atoms with Crippen LogP contribution in [0.4, 0.5) is 0 Å². The van der Waals surface area contributed by atoms with Crippen molar-refractivity contribution in [2.45, 2.75) is 36.8 Å². The minimum atomic E-state index is 0.496. The van der Waals surface area contributed by atoms with E-state index in [0.717, 1.165) is 11.8 Å². The molecular weight excluding hydrogens is 188 g/mol. The van der Waals surface area contributed by atoms with Crippen LogP contribution in [-0.2, 0) is 0 Å². The second kappa shape index (κ2) is 3.62. The molecule has 1 saturated carbocycles. The van der Waals surface area contributed by atoms with Crippen LogP contribution >= 0.6 is 11.8 Å². The van der Waals surface area contributed by atoms with Crippen LogP contribution in [-0.4, -0.2) is 4.75 Å². The summed E-state index contributed by atoms with van der Waals surface area (Å²) in [5.41, 5.74) is 0. The maximum atomic E-state index is 2.41. The zero-order chi connectivity index (χ0) is 10.2. The molecule has 0 heterocycles. The molecule has 0 bridgehead atoms. The molecule has 0 unspecified atom stereocenters. The van der Waals surface area contributed by atoms with Crippen molar-refractivity contribution in [1.82, 2.24) is 0 Å². The van der Waals surface area contributed by atoms with Crippen LogP contribution in [0.2, 0.25) is 0 Å². The standard InChI is InChI=1S/C13H18S/c1-4-12-10(2)13(12,3)14-11-8-6-5-7-9-11/h5-10,12H,4H2,1-3H3/t10-,12+,13+/m0/s1. The van der Waals surface area contributed by atoms with Gasteiger partial charge in [-0.25, -0.2) is 0 Å². The summed E-state index contributed by atoms with van der Waals surface area (Å²) in [4.78, 5) is 1.41. The van der Waals surface area contributed by atoms with Crippen molar-refractivity contribution in [3.8, 4) is 0 Å². The molecule has 1 aliphatic carbocycles. The van der Waals surface area contributed by atoms with Gasteiger partial charge in [0.2, 0.25) is 0 Å². The highest BCUT2D eigenvalue weighted by atomic mass is 32.2. The highest BCUT2D eigenvalue weighted by Gasteiger charge is 2.57. The maximum Gasteiger partial charge on any atom is 0.0238 e. The zero-order valence-corrected chi connectivity index (χ0v) is 9.97. The van der Waals surface area contributed by atoms with E-state index in [4.69, 9.17) is 0 Å². The average molecular weight is 206 g/mol. The van der Waals surface area contributed by atoms with Gasteiger partial charge in [0, 0.05) is 9.64 Å². The van der Waals surface area contributed by atoms with E-state index in [2.05, 4.69) is 62.9 Å². The maximum absolute atomic E-state index is 2.41. The minimum Gasteiger partial charge on any atom is -0.119 e. The van der Waals surface area contributed by atoms with Gasteiger partial charge in [-0.1, -0.05) is 38.5 Å². The number of thioether (sulfide) groups is 1. The first kappa shape index (κ1) is 10.1. The first-order chi connectivity index (χ1) is 6.68. The van der Waals surface area contributed by atoms with Crippen LogP contribution in [0.1, 0.15) is 27.2 Å². The number of hydrogen-bond donors (Lipinski definition) is 0. The zero-order valence-electron chi connectivity index (χ0n) is 9.16. The summed E-state index contributed by atoms with van der Waals surface area (Å²) in [6.07, 6.45) is 1.32. The number of rotatable bonds is 3. The molecule has 1 heteroatoms. The highest BCUT2D eigenvalue weighted by Crippen LogP contribution is 2.62. The normalized spacial score (nSPS) is 35.6. The van der Waals surface area contributed by atoms with E-state index in [1.165, 1.54) is 11.3 Å². The summed E-state index contributed by atoms with van der Waals surface area (Å²) in [6.45, 7) is 7.09. The molecular formula is C13H18S. The fourth-order valence-corrected chi connectivity index (χ4v) is 4.08. The van der Waals surface area contributed by atoms with Crippen LogP contribution in [0, 0.1) is 11.8 Å². The van der Waals surface area contributed by atoms with Gasteiger partial charge in [0.1, 0.15) is 0 Å². The molecule has 0 radical (unpaired) electrons. The Hall–Kier alpha value is -0.430. The fourth-order valence-electron chi connectivity index (χ4n) is 2.47. The molecule has 1 aromatic carbocycles. The van der Waals surface area contributed by atoms with Gasteiger partial charge in [-0.05, 0) is 30.9 Å². The molecule has 0 saturated heterocycles. The van der Waals surface area contributed by atoms with Gasteiger partial charge >= 0.3 is 0 Å². The van der Waals surface area contributed by atoms with Gasteiger partial charge in [-0.2, -0.15) is 0 Å². The second-order valence-electron chi connectivity index (χ2n) is 4.40. The molecule has 0 spiro atoms. The molecule has 1 fully saturated rings. The Balaban J connectivity index is 2.06. The van der Waals surface area contributed by atoms with Gasteiger partial charge < -0.3 is 0 Å². The molecule has 2 rings (SSSR count). The summed E-state index contributed by atoms with van der Waals surface area (Å²) in [7, 11) is 0. The van der Waals surface area contributed by atoms with E-state index in [0.29, 0.717) is 4.75 Å². The van der Waals surface area contributed by atoms with E-state index in [1.54, 1.807) is 0 Å². The lowest BCUT2D eigenvalue weighted by molar-refractivity contribution is 0.715. The van der Waals surface area contributed by atoms with Crippen molar-refractivity contribution in [1.29, 1.82) is 0 Å². The molecule has 0 N–H and O–H groups in total. The third-order valence-corrected chi connectivity index (χ3v) is 5.28. The van der Waals surface area contributed by atoms with Crippen molar-refractivity contribution >= 4 is 11.8 Å². The smallest absolute Gasteiger partial charge is 0.0238 e. The van der Waals surface area contributed by atoms with E-state index in [1.807, 2.05) is 0 Å². The number of benzene rings is 1. The highest BCUT2D eigenvalue weighted by molar-refractivity contribution is 8.01. The van der Waals surface area contributed by atoms with Gasteiger partial charge in [0.15, 0.2) is 0 Å². The van der Waals surface area contributed by atoms with Gasteiger partial charge in [-0.15, -0.1) is 11.8 Å².